The minimum absolute atomic E-state index is 0.118. The van der Waals surface area contributed by atoms with E-state index in [0.29, 0.717) is 25.3 Å². The molecular weight excluding hydrogens is 368 g/mol. The molecule has 4 fully saturated rings. The molecule has 1 aromatic heterocycles. The quantitative estimate of drug-likeness (QED) is 0.596. The molecule has 4 saturated carbocycles. The molecule has 2 aromatic rings. The van der Waals surface area contributed by atoms with Crippen molar-refractivity contribution in [1.82, 2.24) is 15.3 Å². The van der Waals surface area contributed by atoms with Crippen molar-refractivity contribution in [2.75, 3.05) is 11.9 Å². The molecule has 0 aliphatic heterocycles. The second-order valence-electron chi connectivity index (χ2n) is 9.24. The molecule has 7 nitrogen and oxygen atoms in total. The first-order chi connectivity index (χ1) is 14.0. The number of carbonyl (C=O) groups excluding carboxylic acids is 1. The number of amides is 2. The average Bonchev–Trinajstić information content (AvgIpc) is 3.06. The maximum atomic E-state index is 12.8. The van der Waals surface area contributed by atoms with Crippen molar-refractivity contribution in [2.24, 2.45) is 29.6 Å². The smallest absolute Gasteiger partial charge is 0.404 e. The third-order valence-corrected chi connectivity index (χ3v) is 7.30. The summed E-state index contributed by atoms with van der Waals surface area (Å²) in [5.41, 5.74) is 2.45. The number of aromatic amines is 1. The highest BCUT2D eigenvalue weighted by molar-refractivity contribution is 5.93. The Kier molecular flexibility index (Phi) is 4.68. The number of rotatable bonds is 6. The van der Waals surface area contributed by atoms with Crippen molar-refractivity contribution in [3.8, 4) is 0 Å². The van der Waals surface area contributed by atoms with Crippen molar-refractivity contribution >= 4 is 28.7 Å². The summed E-state index contributed by atoms with van der Waals surface area (Å²) in [6, 6.07) is 5.68. The fourth-order valence-electron chi connectivity index (χ4n) is 6.34. The van der Waals surface area contributed by atoms with Crippen LogP contribution in [0.4, 0.5) is 10.5 Å². The SMILES string of the molecule is O=C(O)NCCc1nc2ccc(NC(=O)CC3C4CC5CC(C4)CC3C5)cc2[nH]1. The minimum Gasteiger partial charge on any atom is -0.465 e. The van der Waals surface area contributed by atoms with Gasteiger partial charge in [0.2, 0.25) is 5.91 Å². The second kappa shape index (κ2) is 7.35. The van der Waals surface area contributed by atoms with Crippen LogP contribution in [0.25, 0.3) is 11.0 Å². The van der Waals surface area contributed by atoms with Gasteiger partial charge in [0.15, 0.2) is 0 Å². The molecule has 29 heavy (non-hydrogen) atoms. The van der Waals surface area contributed by atoms with Gasteiger partial charge in [0.25, 0.3) is 0 Å². The molecule has 0 saturated heterocycles. The molecule has 4 aliphatic rings. The van der Waals surface area contributed by atoms with E-state index < -0.39 is 6.09 Å². The Morgan fingerprint density at radius 2 is 1.83 bits per heavy atom. The Hall–Kier alpha value is -2.57. The van der Waals surface area contributed by atoms with Crippen LogP contribution in [0.2, 0.25) is 0 Å². The second-order valence-corrected chi connectivity index (χ2v) is 9.24. The van der Waals surface area contributed by atoms with Gasteiger partial charge in [-0.1, -0.05) is 0 Å². The molecule has 4 bridgehead atoms. The molecule has 0 atom stereocenters. The van der Waals surface area contributed by atoms with E-state index in [2.05, 4.69) is 20.6 Å². The first kappa shape index (κ1) is 18.5. The summed E-state index contributed by atoms with van der Waals surface area (Å²) in [7, 11) is 0. The third kappa shape index (κ3) is 3.82. The standard InChI is InChI=1S/C22H28N4O3/c27-21(11-17-14-6-12-5-13(8-14)9-15(17)7-12)24-16-1-2-18-19(10-16)26-20(25-18)3-4-23-22(28)29/h1-2,10,12-15,17,23H,3-9,11H2,(H,24,27)(H,25,26)(H,28,29). The summed E-state index contributed by atoms with van der Waals surface area (Å²) in [6.45, 7) is 0.310. The summed E-state index contributed by atoms with van der Waals surface area (Å²) in [6.07, 6.45) is 6.89. The lowest BCUT2D eigenvalue weighted by atomic mass is 9.51. The molecule has 1 heterocycles. The highest BCUT2D eigenvalue weighted by Gasteiger charge is 2.48. The van der Waals surface area contributed by atoms with Gasteiger partial charge < -0.3 is 20.7 Å². The molecule has 0 radical (unpaired) electrons. The maximum absolute atomic E-state index is 12.8. The number of H-pyrrole nitrogens is 1. The van der Waals surface area contributed by atoms with Crippen molar-refractivity contribution in [3.05, 3.63) is 24.0 Å². The molecule has 0 spiro atoms. The van der Waals surface area contributed by atoms with Crippen LogP contribution in [0.3, 0.4) is 0 Å². The third-order valence-electron chi connectivity index (χ3n) is 7.30. The van der Waals surface area contributed by atoms with Gasteiger partial charge in [0.1, 0.15) is 5.82 Å². The zero-order valence-electron chi connectivity index (χ0n) is 16.5. The molecule has 2 amide bonds. The summed E-state index contributed by atoms with van der Waals surface area (Å²) in [5.74, 6) is 4.78. The van der Waals surface area contributed by atoms with E-state index in [9.17, 15) is 9.59 Å². The van der Waals surface area contributed by atoms with Crippen LogP contribution in [0.15, 0.2) is 18.2 Å². The monoisotopic (exact) mass is 396 g/mol. The number of imidazole rings is 1. The van der Waals surface area contributed by atoms with Gasteiger partial charge in [-0.15, -0.1) is 0 Å². The highest BCUT2D eigenvalue weighted by atomic mass is 16.4. The molecule has 7 heteroatoms. The number of aromatic nitrogens is 2. The lowest BCUT2D eigenvalue weighted by Crippen LogP contribution is -2.46. The van der Waals surface area contributed by atoms with Gasteiger partial charge in [0.05, 0.1) is 11.0 Å². The largest absolute Gasteiger partial charge is 0.465 e. The van der Waals surface area contributed by atoms with E-state index in [1.807, 2.05) is 18.2 Å². The van der Waals surface area contributed by atoms with Crippen LogP contribution in [0.5, 0.6) is 0 Å². The van der Waals surface area contributed by atoms with E-state index in [1.165, 1.54) is 32.1 Å². The number of hydrogen-bond donors (Lipinski definition) is 4. The predicted octanol–water partition coefficient (Wildman–Crippen LogP) is 3.77. The summed E-state index contributed by atoms with van der Waals surface area (Å²) in [5, 5.41) is 14.1. The first-order valence-electron chi connectivity index (χ1n) is 10.8. The Morgan fingerprint density at radius 3 is 2.52 bits per heavy atom. The number of carbonyl (C=O) groups is 2. The number of hydrogen-bond acceptors (Lipinski definition) is 3. The van der Waals surface area contributed by atoms with Crippen LogP contribution in [-0.4, -0.2) is 33.6 Å². The van der Waals surface area contributed by atoms with Crippen LogP contribution in [0.1, 0.15) is 44.3 Å². The van der Waals surface area contributed by atoms with Crippen molar-refractivity contribution < 1.29 is 14.7 Å². The fourth-order valence-corrected chi connectivity index (χ4v) is 6.34. The lowest BCUT2D eigenvalue weighted by Gasteiger charge is -2.54. The van der Waals surface area contributed by atoms with Gasteiger partial charge >= 0.3 is 6.09 Å². The maximum Gasteiger partial charge on any atom is 0.404 e. The van der Waals surface area contributed by atoms with Crippen LogP contribution >= 0.6 is 0 Å². The minimum atomic E-state index is -1.04. The zero-order chi connectivity index (χ0) is 20.0. The highest BCUT2D eigenvalue weighted by Crippen LogP contribution is 2.57. The topological polar surface area (TPSA) is 107 Å². The van der Waals surface area contributed by atoms with Gasteiger partial charge in [-0.05, 0) is 79.9 Å². The number of nitrogens with one attached hydrogen (secondary N) is 3. The molecule has 0 unspecified atom stereocenters. The van der Waals surface area contributed by atoms with Crippen LogP contribution in [-0.2, 0) is 11.2 Å². The predicted molar refractivity (Wildman–Crippen MR) is 110 cm³/mol. The normalized spacial score (nSPS) is 29.9. The Morgan fingerprint density at radius 1 is 1.10 bits per heavy atom. The molecule has 4 aliphatic carbocycles. The molecular formula is C22H28N4O3. The van der Waals surface area contributed by atoms with Gasteiger partial charge in [0, 0.05) is 25.1 Å². The first-order valence-corrected chi connectivity index (χ1v) is 10.8. The fraction of sp³-hybridized carbons (Fsp3) is 0.591. The molecule has 4 N–H and O–H groups in total. The summed E-state index contributed by atoms with van der Waals surface area (Å²) in [4.78, 5) is 31.0. The number of carboxylic acid groups (broad SMARTS) is 1. The van der Waals surface area contributed by atoms with Gasteiger partial charge in [-0.3, -0.25) is 4.79 Å². The summed E-state index contributed by atoms with van der Waals surface area (Å²) >= 11 is 0. The number of benzene rings is 1. The van der Waals surface area contributed by atoms with E-state index in [1.54, 1.807) is 0 Å². The number of fused-ring (bicyclic) bond motifs is 1. The van der Waals surface area contributed by atoms with E-state index in [-0.39, 0.29) is 5.91 Å². The Balaban J connectivity index is 1.21. The average molecular weight is 396 g/mol. The Bertz CT molecular complexity index is 909. The molecule has 1 aromatic carbocycles. The van der Waals surface area contributed by atoms with Gasteiger partial charge in [-0.25, -0.2) is 9.78 Å². The number of nitrogens with zero attached hydrogens (tertiary/aromatic N) is 1. The van der Waals surface area contributed by atoms with E-state index >= 15 is 0 Å². The van der Waals surface area contributed by atoms with Crippen molar-refractivity contribution in [3.63, 3.8) is 0 Å². The van der Waals surface area contributed by atoms with Crippen LogP contribution in [0, 0.1) is 29.6 Å². The Labute approximate surface area is 169 Å². The molecule has 154 valence electrons. The lowest BCUT2D eigenvalue weighted by molar-refractivity contribution is -0.121. The van der Waals surface area contributed by atoms with E-state index in [0.717, 1.165) is 46.2 Å². The summed E-state index contributed by atoms with van der Waals surface area (Å²) < 4.78 is 0. The van der Waals surface area contributed by atoms with Crippen LogP contribution < -0.4 is 10.6 Å². The van der Waals surface area contributed by atoms with Crippen molar-refractivity contribution in [2.45, 2.75) is 44.9 Å². The number of anilines is 1. The van der Waals surface area contributed by atoms with Crippen molar-refractivity contribution in [1.29, 1.82) is 0 Å². The zero-order valence-corrected chi connectivity index (χ0v) is 16.5. The molecule has 6 rings (SSSR count). The van der Waals surface area contributed by atoms with E-state index in [4.69, 9.17) is 5.11 Å². The van der Waals surface area contributed by atoms with Gasteiger partial charge in [-0.2, -0.15) is 0 Å².